The van der Waals surface area contributed by atoms with Gasteiger partial charge in [-0.3, -0.25) is 0 Å². The average Bonchev–Trinajstić information content (AvgIpc) is 2.83. The van der Waals surface area contributed by atoms with E-state index in [-0.39, 0.29) is 0 Å². The second kappa shape index (κ2) is 6.04. The predicted molar refractivity (Wildman–Crippen MR) is 75.8 cm³/mol. The summed E-state index contributed by atoms with van der Waals surface area (Å²) in [5.74, 6) is 4.11. The summed E-state index contributed by atoms with van der Waals surface area (Å²) < 4.78 is 2.32. The van der Waals surface area contributed by atoms with Gasteiger partial charge in [0.15, 0.2) is 0 Å². The van der Waals surface area contributed by atoms with E-state index < -0.39 is 0 Å². The molecule has 0 amide bonds. The van der Waals surface area contributed by atoms with Crippen LogP contribution in [0.3, 0.4) is 0 Å². The molecule has 19 heavy (non-hydrogen) atoms. The van der Waals surface area contributed by atoms with Crippen molar-refractivity contribution in [2.24, 2.45) is 11.8 Å². The lowest BCUT2D eigenvalue weighted by Gasteiger charge is -2.26. The summed E-state index contributed by atoms with van der Waals surface area (Å²) in [5, 5.41) is 12.3. The molecular formula is C15H26N4. The lowest BCUT2D eigenvalue weighted by atomic mass is 9.82. The van der Waals surface area contributed by atoms with E-state index in [1.165, 1.54) is 44.3 Å². The van der Waals surface area contributed by atoms with Gasteiger partial charge in [0.25, 0.3) is 0 Å². The zero-order valence-corrected chi connectivity index (χ0v) is 12.1. The third-order valence-corrected chi connectivity index (χ3v) is 4.70. The van der Waals surface area contributed by atoms with E-state index in [1.807, 2.05) is 0 Å². The van der Waals surface area contributed by atoms with Gasteiger partial charge in [0.1, 0.15) is 11.6 Å². The van der Waals surface area contributed by atoms with E-state index in [4.69, 9.17) is 0 Å². The molecule has 2 unspecified atom stereocenters. The van der Waals surface area contributed by atoms with Crippen LogP contribution in [0, 0.1) is 11.8 Å². The minimum atomic E-state index is 0.868. The molecule has 1 aromatic heterocycles. The van der Waals surface area contributed by atoms with Crippen molar-refractivity contribution < 1.29 is 0 Å². The maximum Gasteiger partial charge on any atom is 0.147 e. The molecule has 1 aliphatic heterocycles. The maximum atomic E-state index is 4.35. The number of fused-ring (bicyclic) bond motifs is 1. The highest BCUT2D eigenvalue weighted by atomic mass is 15.3. The first-order valence-corrected chi connectivity index (χ1v) is 7.94. The Morgan fingerprint density at radius 2 is 2.16 bits per heavy atom. The molecule has 1 saturated carbocycles. The van der Waals surface area contributed by atoms with E-state index in [9.17, 15) is 0 Å². The lowest BCUT2D eigenvalue weighted by Crippen LogP contribution is -2.27. The smallest absolute Gasteiger partial charge is 0.147 e. The molecule has 106 valence electrons. The van der Waals surface area contributed by atoms with E-state index in [0.29, 0.717) is 0 Å². The molecule has 1 N–H and O–H groups in total. The van der Waals surface area contributed by atoms with Crippen LogP contribution in [0.25, 0.3) is 0 Å². The van der Waals surface area contributed by atoms with Crippen molar-refractivity contribution in [1.29, 1.82) is 0 Å². The standard InChI is InChI=1S/C15H26N4/c1-12-5-4-6-13(9-12)10-16-11-15-18-17-14-7-2-3-8-19(14)15/h12-13,16H,2-11H2,1H3. The van der Waals surface area contributed by atoms with Crippen LogP contribution in [0.5, 0.6) is 0 Å². The monoisotopic (exact) mass is 262 g/mol. The fourth-order valence-corrected chi connectivity index (χ4v) is 3.63. The van der Waals surface area contributed by atoms with E-state index >= 15 is 0 Å². The molecule has 0 spiro atoms. The highest BCUT2D eigenvalue weighted by Crippen LogP contribution is 2.27. The fourth-order valence-electron chi connectivity index (χ4n) is 3.63. The molecule has 1 aromatic rings. The molecule has 1 aliphatic carbocycles. The van der Waals surface area contributed by atoms with Gasteiger partial charge in [-0.1, -0.05) is 19.8 Å². The van der Waals surface area contributed by atoms with Crippen LogP contribution in [0.2, 0.25) is 0 Å². The van der Waals surface area contributed by atoms with Gasteiger partial charge in [0.05, 0.1) is 6.54 Å². The molecule has 4 nitrogen and oxygen atoms in total. The fraction of sp³-hybridized carbons (Fsp3) is 0.867. The molecule has 0 radical (unpaired) electrons. The van der Waals surface area contributed by atoms with Crippen LogP contribution in [0.1, 0.15) is 57.1 Å². The first-order chi connectivity index (χ1) is 9.33. The van der Waals surface area contributed by atoms with Gasteiger partial charge in [-0.05, 0) is 44.1 Å². The van der Waals surface area contributed by atoms with E-state index in [0.717, 1.165) is 43.7 Å². The Labute approximate surface area is 116 Å². The Kier molecular flexibility index (Phi) is 4.16. The number of nitrogens with zero attached hydrogens (tertiary/aromatic N) is 3. The van der Waals surface area contributed by atoms with Gasteiger partial charge in [-0.25, -0.2) is 0 Å². The maximum absolute atomic E-state index is 4.35. The topological polar surface area (TPSA) is 42.7 Å². The van der Waals surface area contributed by atoms with Crippen LogP contribution in [-0.2, 0) is 19.5 Å². The van der Waals surface area contributed by atoms with Gasteiger partial charge in [-0.2, -0.15) is 0 Å². The molecule has 3 rings (SSSR count). The van der Waals surface area contributed by atoms with Crippen molar-refractivity contribution in [2.45, 2.75) is 65.0 Å². The van der Waals surface area contributed by atoms with E-state index in [2.05, 4.69) is 27.0 Å². The molecule has 2 heterocycles. The van der Waals surface area contributed by atoms with Crippen LogP contribution in [0.15, 0.2) is 0 Å². The molecular weight excluding hydrogens is 236 g/mol. The number of hydrogen-bond acceptors (Lipinski definition) is 3. The molecule has 0 aromatic carbocycles. The summed E-state index contributed by atoms with van der Waals surface area (Å²) in [7, 11) is 0. The number of rotatable bonds is 4. The van der Waals surface area contributed by atoms with Crippen molar-refractivity contribution >= 4 is 0 Å². The Morgan fingerprint density at radius 1 is 1.21 bits per heavy atom. The van der Waals surface area contributed by atoms with Crippen molar-refractivity contribution in [3.8, 4) is 0 Å². The quantitative estimate of drug-likeness (QED) is 0.906. The Balaban J connectivity index is 1.48. The van der Waals surface area contributed by atoms with Crippen LogP contribution in [0.4, 0.5) is 0 Å². The summed E-state index contributed by atoms with van der Waals surface area (Å²) in [6.45, 7) is 5.53. The summed E-state index contributed by atoms with van der Waals surface area (Å²) in [5.41, 5.74) is 0. The van der Waals surface area contributed by atoms with Gasteiger partial charge >= 0.3 is 0 Å². The van der Waals surface area contributed by atoms with Crippen molar-refractivity contribution in [3.05, 3.63) is 11.6 Å². The second-order valence-electron chi connectivity index (χ2n) is 6.41. The lowest BCUT2D eigenvalue weighted by molar-refractivity contribution is 0.273. The number of hydrogen-bond donors (Lipinski definition) is 1. The van der Waals surface area contributed by atoms with Crippen LogP contribution < -0.4 is 5.32 Å². The normalized spacial score (nSPS) is 27.2. The molecule has 2 aliphatic rings. The largest absolute Gasteiger partial charge is 0.314 e. The van der Waals surface area contributed by atoms with Gasteiger partial charge in [0.2, 0.25) is 0 Å². The second-order valence-corrected chi connectivity index (χ2v) is 6.41. The summed E-state index contributed by atoms with van der Waals surface area (Å²) in [6, 6.07) is 0. The van der Waals surface area contributed by atoms with Crippen LogP contribution in [-0.4, -0.2) is 21.3 Å². The number of nitrogens with one attached hydrogen (secondary N) is 1. The first kappa shape index (κ1) is 13.1. The Bertz CT molecular complexity index is 412. The third kappa shape index (κ3) is 3.16. The molecule has 1 fully saturated rings. The Hall–Kier alpha value is -0.900. The van der Waals surface area contributed by atoms with Gasteiger partial charge in [0, 0.05) is 13.0 Å². The van der Waals surface area contributed by atoms with Gasteiger partial charge in [-0.15, -0.1) is 10.2 Å². The average molecular weight is 262 g/mol. The predicted octanol–water partition coefficient (Wildman–Crippen LogP) is 2.53. The minimum absolute atomic E-state index is 0.868. The molecule has 0 saturated heterocycles. The highest BCUT2D eigenvalue weighted by molar-refractivity contribution is 4.98. The highest BCUT2D eigenvalue weighted by Gasteiger charge is 2.19. The summed E-state index contributed by atoms with van der Waals surface area (Å²) in [4.78, 5) is 0. The van der Waals surface area contributed by atoms with Crippen molar-refractivity contribution in [2.75, 3.05) is 6.54 Å². The summed E-state index contributed by atoms with van der Waals surface area (Å²) >= 11 is 0. The number of aromatic nitrogens is 3. The third-order valence-electron chi connectivity index (χ3n) is 4.70. The molecule has 0 bridgehead atoms. The van der Waals surface area contributed by atoms with Gasteiger partial charge < -0.3 is 9.88 Å². The molecule has 2 atom stereocenters. The van der Waals surface area contributed by atoms with E-state index in [1.54, 1.807) is 0 Å². The minimum Gasteiger partial charge on any atom is -0.314 e. The number of aryl methyl sites for hydroxylation is 1. The zero-order valence-electron chi connectivity index (χ0n) is 12.1. The van der Waals surface area contributed by atoms with Crippen molar-refractivity contribution in [1.82, 2.24) is 20.1 Å². The zero-order chi connectivity index (χ0) is 13.1. The SMILES string of the molecule is CC1CCCC(CNCc2nnc3n2CCCC3)C1. The first-order valence-electron chi connectivity index (χ1n) is 7.94. The molecule has 4 heteroatoms. The van der Waals surface area contributed by atoms with Crippen molar-refractivity contribution in [3.63, 3.8) is 0 Å². The van der Waals surface area contributed by atoms with Crippen LogP contribution >= 0.6 is 0 Å². The Morgan fingerprint density at radius 3 is 3.05 bits per heavy atom. The summed E-state index contributed by atoms with van der Waals surface area (Å²) in [6.07, 6.45) is 9.28.